The van der Waals surface area contributed by atoms with Gasteiger partial charge in [0.1, 0.15) is 11.9 Å². The lowest BCUT2D eigenvalue weighted by Gasteiger charge is -2.14. The van der Waals surface area contributed by atoms with E-state index in [2.05, 4.69) is 10.3 Å². The first-order chi connectivity index (χ1) is 10.2. The Labute approximate surface area is 122 Å². The number of amides is 1. The number of primary amides is 1. The van der Waals surface area contributed by atoms with Gasteiger partial charge in [0.2, 0.25) is 11.8 Å². The van der Waals surface area contributed by atoms with Gasteiger partial charge in [-0.1, -0.05) is 0 Å². The van der Waals surface area contributed by atoms with E-state index >= 15 is 0 Å². The van der Waals surface area contributed by atoms with Crippen molar-refractivity contribution in [1.29, 1.82) is 0 Å². The van der Waals surface area contributed by atoms with E-state index in [-0.39, 0.29) is 18.1 Å². The van der Waals surface area contributed by atoms with Crippen LogP contribution in [0, 0.1) is 0 Å². The molecule has 21 heavy (non-hydrogen) atoms. The summed E-state index contributed by atoms with van der Waals surface area (Å²) in [6, 6.07) is 7.30. The highest BCUT2D eigenvalue weighted by molar-refractivity contribution is 5.88. The van der Waals surface area contributed by atoms with E-state index in [9.17, 15) is 4.79 Å². The van der Waals surface area contributed by atoms with Gasteiger partial charge in [0.05, 0.1) is 13.2 Å². The number of benzene rings is 1. The zero-order valence-electron chi connectivity index (χ0n) is 11.7. The van der Waals surface area contributed by atoms with Gasteiger partial charge in [0.25, 0.3) is 0 Å². The molecule has 6 heteroatoms. The molecule has 0 spiro atoms. The summed E-state index contributed by atoms with van der Waals surface area (Å²) in [6.07, 6.45) is 2.15. The summed E-state index contributed by atoms with van der Waals surface area (Å²) in [5, 5.41) is 4.96. The van der Waals surface area contributed by atoms with Crippen LogP contribution in [-0.2, 0) is 4.79 Å². The molecule has 2 atom stereocenters. The fourth-order valence-corrected chi connectivity index (χ4v) is 2.52. The highest BCUT2D eigenvalue weighted by atomic mass is 16.5. The van der Waals surface area contributed by atoms with Crippen molar-refractivity contribution in [2.45, 2.75) is 18.6 Å². The van der Waals surface area contributed by atoms with Crippen molar-refractivity contribution in [1.82, 2.24) is 10.3 Å². The molecular weight excluding hydrogens is 270 g/mol. The van der Waals surface area contributed by atoms with Crippen LogP contribution in [0.1, 0.15) is 6.42 Å². The standard InChI is InChI=1S/C15H17N3O3/c1-20-10-2-3-12-9(6-10)4-5-17-15(12)21-11-7-13(14(16)19)18-8-11/h2-6,11,13,18H,7-8H2,1H3,(H2,16,19). The molecule has 1 fully saturated rings. The molecule has 1 amide bonds. The van der Waals surface area contributed by atoms with Crippen molar-refractivity contribution in [2.24, 2.45) is 5.73 Å². The van der Waals surface area contributed by atoms with E-state index in [4.69, 9.17) is 15.2 Å². The van der Waals surface area contributed by atoms with E-state index in [1.807, 2.05) is 24.3 Å². The summed E-state index contributed by atoms with van der Waals surface area (Å²) < 4.78 is 11.1. The summed E-state index contributed by atoms with van der Waals surface area (Å²) in [7, 11) is 1.63. The average molecular weight is 287 g/mol. The molecule has 1 aromatic carbocycles. The number of ether oxygens (including phenoxy) is 2. The maximum absolute atomic E-state index is 11.2. The van der Waals surface area contributed by atoms with Gasteiger partial charge in [0.15, 0.2) is 0 Å². The fraction of sp³-hybridized carbons (Fsp3) is 0.333. The Balaban J connectivity index is 1.83. The molecule has 110 valence electrons. The SMILES string of the molecule is COc1ccc2c(OC3CNC(C(N)=O)C3)nccc2c1. The minimum Gasteiger partial charge on any atom is -0.497 e. The second-order valence-electron chi connectivity index (χ2n) is 5.04. The number of hydrogen-bond acceptors (Lipinski definition) is 5. The van der Waals surface area contributed by atoms with Gasteiger partial charge in [-0.3, -0.25) is 4.79 Å². The predicted molar refractivity (Wildman–Crippen MR) is 78.3 cm³/mol. The van der Waals surface area contributed by atoms with Gasteiger partial charge in [0, 0.05) is 24.5 Å². The van der Waals surface area contributed by atoms with Crippen LogP contribution in [0.2, 0.25) is 0 Å². The molecule has 0 bridgehead atoms. The number of nitrogens with two attached hydrogens (primary N) is 1. The Kier molecular flexibility index (Phi) is 3.62. The number of nitrogens with one attached hydrogen (secondary N) is 1. The van der Waals surface area contributed by atoms with Gasteiger partial charge < -0.3 is 20.5 Å². The summed E-state index contributed by atoms with van der Waals surface area (Å²) in [5.74, 6) is 1.000. The van der Waals surface area contributed by atoms with Crippen molar-refractivity contribution in [3.8, 4) is 11.6 Å². The van der Waals surface area contributed by atoms with Crippen LogP contribution in [0.4, 0.5) is 0 Å². The van der Waals surface area contributed by atoms with Crippen LogP contribution in [0.5, 0.6) is 11.6 Å². The minimum absolute atomic E-state index is 0.109. The molecule has 0 saturated carbocycles. The number of pyridine rings is 1. The first-order valence-corrected chi connectivity index (χ1v) is 6.79. The van der Waals surface area contributed by atoms with Crippen LogP contribution in [-0.4, -0.2) is 36.7 Å². The van der Waals surface area contributed by atoms with E-state index in [1.54, 1.807) is 13.3 Å². The number of aromatic nitrogens is 1. The van der Waals surface area contributed by atoms with Gasteiger partial charge in [-0.25, -0.2) is 4.98 Å². The Bertz CT molecular complexity index is 674. The molecule has 1 aliphatic heterocycles. The number of hydrogen-bond donors (Lipinski definition) is 2. The van der Waals surface area contributed by atoms with Crippen molar-refractivity contribution < 1.29 is 14.3 Å². The second-order valence-corrected chi connectivity index (χ2v) is 5.04. The van der Waals surface area contributed by atoms with Gasteiger partial charge in [-0.2, -0.15) is 0 Å². The summed E-state index contributed by atoms with van der Waals surface area (Å²) in [5.41, 5.74) is 5.29. The number of carbonyl (C=O) groups excluding carboxylic acids is 1. The van der Waals surface area contributed by atoms with Gasteiger partial charge in [-0.15, -0.1) is 0 Å². The lowest BCUT2D eigenvalue weighted by molar-refractivity contribution is -0.119. The zero-order chi connectivity index (χ0) is 14.8. The molecule has 2 heterocycles. The normalized spacial score (nSPS) is 21.4. The molecule has 6 nitrogen and oxygen atoms in total. The van der Waals surface area contributed by atoms with Gasteiger partial charge >= 0.3 is 0 Å². The Morgan fingerprint density at radius 3 is 3.00 bits per heavy atom. The smallest absolute Gasteiger partial charge is 0.234 e. The summed E-state index contributed by atoms with van der Waals surface area (Å²) >= 11 is 0. The van der Waals surface area contributed by atoms with Crippen molar-refractivity contribution >= 4 is 16.7 Å². The largest absolute Gasteiger partial charge is 0.497 e. The Hall–Kier alpha value is -2.34. The maximum atomic E-state index is 11.2. The fourth-order valence-electron chi connectivity index (χ4n) is 2.52. The predicted octanol–water partition coefficient (Wildman–Crippen LogP) is 0.838. The van der Waals surface area contributed by atoms with Crippen LogP contribution in [0.15, 0.2) is 30.5 Å². The molecule has 1 aromatic heterocycles. The van der Waals surface area contributed by atoms with E-state index in [1.165, 1.54) is 0 Å². The van der Waals surface area contributed by atoms with Crippen molar-refractivity contribution in [3.05, 3.63) is 30.5 Å². The quantitative estimate of drug-likeness (QED) is 0.870. The average Bonchev–Trinajstić information content (AvgIpc) is 2.96. The molecule has 0 aliphatic carbocycles. The van der Waals surface area contributed by atoms with Crippen molar-refractivity contribution in [3.63, 3.8) is 0 Å². The lowest BCUT2D eigenvalue weighted by atomic mass is 10.1. The first kappa shape index (κ1) is 13.6. The third kappa shape index (κ3) is 2.75. The monoisotopic (exact) mass is 287 g/mol. The lowest BCUT2D eigenvalue weighted by Crippen LogP contribution is -2.36. The minimum atomic E-state index is -0.350. The highest BCUT2D eigenvalue weighted by Gasteiger charge is 2.29. The number of fused-ring (bicyclic) bond motifs is 1. The van der Waals surface area contributed by atoms with E-state index < -0.39 is 0 Å². The first-order valence-electron chi connectivity index (χ1n) is 6.79. The molecule has 3 N–H and O–H groups in total. The molecule has 3 rings (SSSR count). The third-order valence-corrected chi connectivity index (χ3v) is 3.65. The molecular formula is C15H17N3O3. The number of carbonyl (C=O) groups is 1. The topological polar surface area (TPSA) is 86.5 Å². The van der Waals surface area contributed by atoms with E-state index in [0.717, 1.165) is 16.5 Å². The highest BCUT2D eigenvalue weighted by Crippen LogP contribution is 2.28. The maximum Gasteiger partial charge on any atom is 0.234 e. The van der Waals surface area contributed by atoms with Crippen molar-refractivity contribution in [2.75, 3.05) is 13.7 Å². The Morgan fingerprint density at radius 2 is 2.29 bits per heavy atom. The van der Waals surface area contributed by atoms with E-state index in [0.29, 0.717) is 18.8 Å². The van der Waals surface area contributed by atoms with Crippen LogP contribution in [0.3, 0.4) is 0 Å². The van der Waals surface area contributed by atoms with Crippen LogP contribution in [0.25, 0.3) is 10.8 Å². The molecule has 1 saturated heterocycles. The molecule has 1 aliphatic rings. The summed E-state index contributed by atoms with van der Waals surface area (Å²) in [4.78, 5) is 15.4. The van der Waals surface area contributed by atoms with Gasteiger partial charge in [-0.05, 0) is 29.7 Å². The molecule has 2 unspecified atom stereocenters. The Morgan fingerprint density at radius 1 is 1.43 bits per heavy atom. The number of rotatable bonds is 4. The molecule has 2 aromatic rings. The molecule has 0 radical (unpaired) electrons. The second kappa shape index (κ2) is 5.57. The van der Waals surface area contributed by atoms with Crippen LogP contribution >= 0.6 is 0 Å². The van der Waals surface area contributed by atoms with Crippen LogP contribution < -0.4 is 20.5 Å². The third-order valence-electron chi connectivity index (χ3n) is 3.65. The number of methoxy groups -OCH3 is 1. The summed E-state index contributed by atoms with van der Waals surface area (Å²) in [6.45, 7) is 0.585. The zero-order valence-corrected chi connectivity index (χ0v) is 11.7. The number of nitrogens with zero attached hydrogens (tertiary/aromatic N) is 1.